The van der Waals surface area contributed by atoms with Gasteiger partial charge in [-0.3, -0.25) is 0 Å². The number of aliphatic hydroxyl groups is 2. The lowest BCUT2D eigenvalue weighted by Gasteiger charge is -2.46. The summed E-state index contributed by atoms with van der Waals surface area (Å²) in [5.74, 6) is 0. The van der Waals surface area contributed by atoms with E-state index < -0.39 is 6.10 Å². The topological polar surface area (TPSA) is 61.7 Å². The number of piperidine rings is 1. The second-order valence-corrected chi connectivity index (χ2v) is 6.09. The van der Waals surface area contributed by atoms with Crippen LogP contribution in [0.15, 0.2) is 0 Å². The second-order valence-electron chi connectivity index (χ2n) is 6.09. The van der Waals surface area contributed by atoms with Crippen LogP contribution in [-0.2, 0) is 4.74 Å². The zero-order chi connectivity index (χ0) is 14.4. The molecule has 1 atom stereocenters. The predicted octanol–water partition coefficient (Wildman–Crippen LogP) is 1.69. The first kappa shape index (κ1) is 17.8. The van der Waals surface area contributed by atoms with Crippen LogP contribution in [0.25, 0.3) is 0 Å². The monoisotopic (exact) mass is 261 g/mol. The van der Waals surface area contributed by atoms with Gasteiger partial charge in [0.15, 0.2) is 0 Å². The van der Waals surface area contributed by atoms with E-state index in [1.165, 1.54) is 0 Å². The summed E-state index contributed by atoms with van der Waals surface area (Å²) in [6.45, 7) is 12.6. The Kier molecular flexibility index (Phi) is 7.37. The van der Waals surface area contributed by atoms with Crippen LogP contribution in [0.3, 0.4) is 0 Å². The van der Waals surface area contributed by atoms with Crippen LogP contribution in [0.5, 0.6) is 0 Å². The second kappa shape index (κ2) is 7.43. The number of ether oxygens (including phenoxy) is 1. The van der Waals surface area contributed by atoms with Crippen molar-refractivity contribution in [3.05, 3.63) is 0 Å². The maximum absolute atomic E-state index is 9.26. The van der Waals surface area contributed by atoms with E-state index in [1.807, 2.05) is 13.8 Å². The number of nitrogens with one attached hydrogen (secondary N) is 1. The Labute approximate surface area is 112 Å². The van der Waals surface area contributed by atoms with E-state index in [0.717, 1.165) is 12.8 Å². The third-order valence-corrected chi connectivity index (χ3v) is 2.89. The molecule has 1 rings (SSSR count). The molecule has 1 unspecified atom stereocenters. The van der Waals surface area contributed by atoms with Crippen LogP contribution < -0.4 is 5.32 Å². The van der Waals surface area contributed by atoms with Crippen molar-refractivity contribution >= 4 is 0 Å². The van der Waals surface area contributed by atoms with E-state index in [2.05, 4.69) is 33.0 Å². The quantitative estimate of drug-likeness (QED) is 0.721. The van der Waals surface area contributed by atoms with E-state index in [4.69, 9.17) is 9.84 Å². The van der Waals surface area contributed by atoms with Gasteiger partial charge in [0.05, 0.1) is 19.3 Å². The molecule has 0 aromatic rings. The van der Waals surface area contributed by atoms with Gasteiger partial charge in [0.1, 0.15) is 6.10 Å². The average Bonchev–Trinajstić information content (AvgIpc) is 2.24. The van der Waals surface area contributed by atoms with Gasteiger partial charge in [-0.2, -0.15) is 0 Å². The third kappa shape index (κ3) is 6.69. The minimum atomic E-state index is -0.763. The van der Waals surface area contributed by atoms with Gasteiger partial charge < -0.3 is 20.3 Å². The molecule has 4 nitrogen and oxygen atoms in total. The van der Waals surface area contributed by atoms with E-state index in [9.17, 15) is 5.11 Å². The SMILES string of the molecule is CC.CC1(C)CC(OCC(O)CO)CC(C)(C)N1. The molecule has 0 aromatic heterocycles. The smallest absolute Gasteiger partial charge is 0.100 e. The van der Waals surface area contributed by atoms with Crippen molar-refractivity contribution in [2.24, 2.45) is 0 Å². The zero-order valence-electron chi connectivity index (χ0n) is 12.8. The molecule has 4 heteroatoms. The summed E-state index contributed by atoms with van der Waals surface area (Å²) in [4.78, 5) is 0. The molecule has 18 heavy (non-hydrogen) atoms. The first-order valence-corrected chi connectivity index (χ1v) is 6.94. The Morgan fingerprint density at radius 3 is 2.00 bits per heavy atom. The zero-order valence-corrected chi connectivity index (χ0v) is 12.8. The number of aliphatic hydroxyl groups excluding tert-OH is 2. The fourth-order valence-electron chi connectivity index (χ4n) is 2.65. The molecule has 0 bridgehead atoms. The number of rotatable bonds is 4. The van der Waals surface area contributed by atoms with E-state index >= 15 is 0 Å². The molecule has 0 spiro atoms. The molecule has 1 aliphatic heterocycles. The first-order valence-electron chi connectivity index (χ1n) is 6.94. The highest BCUT2D eigenvalue weighted by atomic mass is 16.5. The lowest BCUT2D eigenvalue weighted by atomic mass is 9.81. The number of hydrogen-bond acceptors (Lipinski definition) is 4. The minimum Gasteiger partial charge on any atom is -0.394 e. The lowest BCUT2D eigenvalue weighted by molar-refractivity contribution is -0.0645. The summed E-state index contributed by atoms with van der Waals surface area (Å²) in [5, 5.41) is 21.6. The molecule has 1 fully saturated rings. The molecule has 1 aliphatic rings. The van der Waals surface area contributed by atoms with E-state index in [-0.39, 0.29) is 30.4 Å². The summed E-state index contributed by atoms with van der Waals surface area (Å²) in [6.07, 6.45) is 1.23. The Balaban J connectivity index is 0.00000137. The van der Waals surface area contributed by atoms with Crippen molar-refractivity contribution in [3.8, 4) is 0 Å². The van der Waals surface area contributed by atoms with Crippen LogP contribution in [0.1, 0.15) is 54.4 Å². The molecule has 3 N–H and O–H groups in total. The third-order valence-electron chi connectivity index (χ3n) is 2.89. The molecular formula is C14H31NO3. The van der Waals surface area contributed by atoms with Gasteiger partial charge in [0.25, 0.3) is 0 Å². The molecule has 0 amide bonds. The molecule has 1 heterocycles. The highest BCUT2D eigenvalue weighted by Gasteiger charge is 2.38. The molecule has 0 radical (unpaired) electrons. The summed E-state index contributed by atoms with van der Waals surface area (Å²) >= 11 is 0. The van der Waals surface area contributed by atoms with Gasteiger partial charge in [-0.1, -0.05) is 13.8 Å². The van der Waals surface area contributed by atoms with Crippen molar-refractivity contribution < 1.29 is 14.9 Å². The largest absolute Gasteiger partial charge is 0.394 e. The molecule has 0 saturated carbocycles. The predicted molar refractivity (Wildman–Crippen MR) is 74.7 cm³/mol. The first-order chi connectivity index (χ1) is 8.24. The fourth-order valence-corrected chi connectivity index (χ4v) is 2.65. The molecular weight excluding hydrogens is 230 g/mol. The molecule has 0 aromatic carbocycles. The van der Waals surface area contributed by atoms with Crippen LogP contribution >= 0.6 is 0 Å². The normalized spacial score (nSPS) is 24.0. The van der Waals surface area contributed by atoms with Crippen molar-refractivity contribution in [2.45, 2.75) is 77.7 Å². The highest BCUT2D eigenvalue weighted by molar-refractivity contribution is 4.97. The minimum absolute atomic E-state index is 0.0522. The van der Waals surface area contributed by atoms with Crippen LogP contribution in [0.4, 0.5) is 0 Å². The van der Waals surface area contributed by atoms with Crippen LogP contribution in [0, 0.1) is 0 Å². The maximum Gasteiger partial charge on any atom is 0.100 e. The van der Waals surface area contributed by atoms with Gasteiger partial charge in [-0.25, -0.2) is 0 Å². The molecule has 1 saturated heterocycles. The van der Waals surface area contributed by atoms with Crippen molar-refractivity contribution in [3.63, 3.8) is 0 Å². The molecule has 110 valence electrons. The Bertz CT molecular complexity index is 213. The lowest BCUT2D eigenvalue weighted by Crippen LogP contribution is -2.59. The van der Waals surface area contributed by atoms with E-state index in [0.29, 0.717) is 0 Å². The summed E-state index contributed by atoms with van der Waals surface area (Å²) in [7, 11) is 0. The maximum atomic E-state index is 9.26. The highest BCUT2D eigenvalue weighted by Crippen LogP contribution is 2.30. The van der Waals surface area contributed by atoms with Crippen molar-refractivity contribution in [2.75, 3.05) is 13.2 Å². The van der Waals surface area contributed by atoms with Crippen molar-refractivity contribution in [1.82, 2.24) is 5.32 Å². The molecule has 0 aliphatic carbocycles. The van der Waals surface area contributed by atoms with Crippen molar-refractivity contribution in [1.29, 1.82) is 0 Å². The fraction of sp³-hybridized carbons (Fsp3) is 1.00. The van der Waals surface area contributed by atoms with Gasteiger partial charge in [-0.05, 0) is 40.5 Å². The number of hydrogen-bond donors (Lipinski definition) is 3. The summed E-state index contributed by atoms with van der Waals surface area (Å²) in [5.41, 5.74) is 0.104. The Morgan fingerprint density at radius 2 is 1.61 bits per heavy atom. The van der Waals surface area contributed by atoms with Gasteiger partial charge in [0, 0.05) is 11.1 Å². The Morgan fingerprint density at radius 1 is 1.17 bits per heavy atom. The van der Waals surface area contributed by atoms with Crippen LogP contribution in [-0.4, -0.2) is 46.7 Å². The average molecular weight is 261 g/mol. The van der Waals surface area contributed by atoms with E-state index in [1.54, 1.807) is 0 Å². The Hall–Kier alpha value is -0.160. The summed E-state index contributed by atoms with van der Waals surface area (Å²) in [6, 6.07) is 0. The van der Waals surface area contributed by atoms with Gasteiger partial charge >= 0.3 is 0 Å². The van der Waals surface area contributed by atoms with Gasteiger partial charge in [-0.15, -0.1) is 0 Å². The standard InChI is InChI=1S/C12H25NO3.C2H6/c1-11(2)5-10(6-12(3,4)13-11)16-8-9(15)7-14;1-2/h9-10,13-15H,5-8H2,1-4H3;1-2H3. The van der Waals surface area contributed by atoms with Gasteiger partial charge in [0.2, 0.25) is 0 Å². The summed E-state index contributed by atoms with van der Waals surface area (Å²) < 4.78 is 5.66. The van der Waals surface area contributed by atoms with Crippen LogP contribution in [0.2, 0.25) is 0 Å².